The van der Waals surface area contributed by atoms with E-state index in [9.17, 15) is 28.8 Å². The molecule has 2 amide bonds. The van der Waals surface area contributed by atoms with Crippen LogP contribution < -0.4 is 27.8 Å². The largest absolute Gasteiger partial charge is 0.480 e. The van der Waals surface area contributed by atoms with E-state index in [0.717, 1.165) is 0 Å². The maximum Gasteiger partial charge on any atom is 0.326 e. The zero-order valence-electron chi connectivity index (χ0n) is 16.0. The number of carboxylic acid groups (broad SMARTS) is 1. The number of guanidine groups is 1. The number of nitrogens with two attached hydrogens (primary N) is 3. The van der Waals surface area contributed by atoms with Crippen molar-refractivity contribution in [2.45, 2.75) is 50.4 Å². The lowest BCUT2D eigenvalue weighted by atomic mass is 10.1. The highest BCUT2D eigenvalue weighted by molar-refractivity contribution is 7.84. The van der Waals surface area contributed by atoms with Crippen LogP contribution in [0.3, 0.4) is 0 Å². The average Bonchev–Trinajstić information content (AvgIpc) is 2.58. The first kappa shape index (κ1) is 25.8. The molecule has 0 aromatic heterocycles. The van der Waals surface area contributed by atoms with Gasteiger partial charge in [0.2, 0.25) is 11.8 Å². The van der Waals surface area contributed by atoms with Crippen LogP contribution in [0.15, 0.2) is 4.99 Å². The molecule has 12 nitrogen and oxygen atoms in total. The maximum atomic E-state index is 12.4. The number of aliphatic hydroxyl groups is 1. The Kier molecular flexibility index (Phi) is 12.0. The number of hydrogen-bond donors (Lipinski definition) is 7. The number of hydrogen-bond acceptors (Lipinski definition) is 7. The third kappa shape index (κ3) is 10.8. The van der Waals surface area contributed by atoms with Crippen LogP contribution in [0.4, 0.5) is 0 Å². The molecule has 0 aliphatic heterocycles. The number of aliphatic imine (C=N–C) groups is 1. The van der Waals surface area contributed by atoms with Crippen LogP contribution in [0, 0.1) is 0 Å². The predicted octanol–water partition coefficient (Wildman–Crippen LogP) is -3.43. The summed E-state index contributed by atoms with van der Waals surface area (Å²) in [6.45, 7) is 1.46. The molecule has 0 aliphatic rings. The van der Waals surface area contributed by atoms with E-state index in [1.165, 1.54) is 13.2 Å². The molecule has 0 saturated heterocycles. The van der Waals surface area contributed by atoms with Crippen LogP contribution in [0.25, 0.3) is 0 Å². The molecule has 0 aliphatic carbocycles. The Balaban J connectivity index is 4.88. The van der Waals surface area contributed by atoms with Crippen LogP contribution in [-0.2, 0) is 25.2 Å². The van der Waals surface area contributed by atoms with Crippen molar-refractivity contribution in [3.8, 4) is 0 Å². The number of amides is 2. The number of rotatable bonds is 13. The van der Waals surface area contributed by atoms with Gasteiger partial charge in [-0.15, -0.1) is 0 Å². The van der Waals surface area contributed by atoms with Gasteiger partial charge in [-0.05, 0) is 26.2 Å². The molecule has 13 heteroatoms. The molecule has 5 unspecified atom stereocenters. The normalized spacial score (nSPS) is 16.1. The smallest absolute Gasteiger partial charge is 0.326 e. The molecule has 0 aromatic carbocycles. The predicted molar refractivity (Wildman–Crippen MR) is 105 cm³/mol. The van der Waals surface area contributed by atoms with Crippen molar-refractivity contribution in [3.63, 3.8) is 0 Å². The average molecular weight is 423 g/mol. The van der Waals surface area contributed by atoms with E-state index < -0.39 is 52.8 Å². The third-order valence-electron chi connectivity index (χ3n) is 3.68. The van der Waals surface area contributed by atoms with E-state index >= 15 is 0 Å². The zero-order valence-corrected chi connectivity index (χ0v) is 16.8. The Hall–Kier alpha value is -2.25. The molecular formula is C15H30N6O6S. The summed E-state index contributed by atoms with van der Waals surface area (Å²) in [4.78, 5) is 39.5. The van der Waals surface area contributed by atoms with Gasteiger partial charge in [0.25, 0.3) is 0 Å². The van der Waals surface area contributed by atoms with Gasteiger partial charge in [0.1, 0.15) is 12.1 Å². The number of nitrogens with zero attached hydrogens (tertiary/aromatic N) is 1. The summed E-state index contributed by atoms with van der Waals surface area (Å²) in [7, 11) is -1.13. The maximum absolute atomic E-state index is 12.4. The fourth-order valence-electron chi connectivity index (χ4n) is 2.11. The summed E-state index contributed by atoms with van der Waals surface area (Å²) in [5.41, 5.74) is 16.0. The fourth-order valence-corrected chi connectivity index (χ4v) is 2.70. The quantitative estimate of drug-likeness (QED) is 0.0889. The molecule has 0 bridgehead atoms. The minimum absolute atomic E-state index is 0.0418. The minimum Gasteiger partial charge on any atom is -0.480 e. The molecule has 0 rings (SSSR count). The summed E-state index contributed by atoms with van der Waals surface area (Å²) in [5, 5.41) is 23.6. The van der Waals surface area contributed by atoms with Crippen molar-refractivity contribution in [1.82, 2.24) is 10.6 Å². The Morgan fingerprint density at radius 2 is 1.75 bits per heavy atom. The minimum atomic E-state index is -1.40. The number of carbonyl (C=O) groups excluding carboxylic acids is 2. The Labute approximate surface area is 165 Å². The lowest BCUT2D eigenvalue weighted by Crippen LogP contribution is -2.58. The van der Waals surface area contributed by atoms with Gasteiger partial charge in [-0.2, -0.15) is 0 Å². The van der Waals surface area contributed by atoms with Gasteiger partial charge in [0, 0.05) is 29.4 Å². The van der Waals surface area contributed by atoms with E-state index in [4.69, 9.17) is 17.2 Å². The van der Waals surface area contributed by atoms with E-state index in [0.29, 0.717) is 6.42 Å². The van der Waals surface area contributed by atoms with Crippen molar-refractivity contribution < 1.29 is 28.8 Å². The molecule has 10 N–H and O–H groups in total. The second-order valence-corrected chi connectivity index (χ2v) is 7.80. The van der Waals surface area contributed by atoms with E-state index in [1.54, 1.807) is 0 Å². The second kappa shape index (κ2) is 13.0. The summed E-state index contributed by atoms with van der Waals surface area (Å²) >= 11 is 0. The highest BCUT2D eigenvalue weighted by atomic mass is 32.2. The first-order valence-electron chi connectivity index (χ1n) is 8.58. The molecule has 5 atom stereocenters. The van der Waals surface area contributed by atoms with Gasteiger partial charge in [-0.1, -0.05) is 0 Å². The number of nitrogens with one attached hydrogen (secondary N) is 2. The number of carboxylic acids is 1. The number of carbonyl (C=O) groups is 3. The third-order valence-corrected chi connectivity index (χ3v) is 4.49. The van der Waals surface area contributed by atoms with Crippen LogP contribution in [0.2, 0.25) is 0 Å². The molecule has 162 valence electrons. The first-order valence-corrected chi connectivity index (χ1v) is 10.3. The van der Waals surface area contributed by atoms with Crippen molar-refractivity contribution in [2.75, 3.05) is 18.6 Å². The van der Waals surface area contributed by atoms with Crippen LogP contribution in [0.1, 0.15) is 26.2 Å². The SMILES string of the molecule is CC(O)C(NC(=O)C(N)CCS(C)=O)C(=O)NC(CCCN=C(N)N)C(=O)O. The molecule has 0 aromatic rings. The van der Waals surface area contributed by atoms with E-state index in [-0.39, 0.29) is 31.1 Å². The molecule has 28 heavy (non-hydrogen) atoms. The zero-order chi connectivity index (χ0) is 21.9. The van der Waals surface area contributed by atoms with Crippen molar-refractivity contribution >= 4 is 34.5 Å². The standard InChI is InChI=1S/C15H30N6O6S/c1-8(22)11(21-12(23)9(16)5-7-28(2)27)13(24)20-10(14(25)26)4-3-6-19-15(17)18/h8-11,22H,3-7,16H2,1-2H3,(H,20,24)(H,21,23)(H,25,26)(H4,17,18,19). The van der Waals surface area contributed by atoms with Gasteiger partial charge >= 0.3 is 5.97 Å². The summed E-state index contributed by atoms with van der Waals surface area (Å²) in [6, 6.07) is -3.67. The Morgan fingerprint density at radius 3 is 2.21 bits per heavy atom. The fraction of sp³-hybridized carbons (Fsp3) is 0.733. The highest BCUT2D eigenvalue weighted by Crippen LogP contribution is 2.02. The van der Waals surface area contributed by atoms with E-state index in [2.05, 4.69) is 15.6 Å². The first-order chi connectivity index (χ1) is 13.0. The number of aliphatic hydroxyl groups excluding tert-OH is 1. The van der Waals surface area contributed by atoms with Gasteiger partial charge in [0.05, 0.1) is 12.1 Å². The molecule has 0 saturated carbocycles. The topological polar surface area (TPSA) is 223 Å². The van der Waals surface area contributed by atoms with E-state index in [1.807, 2.05) is 0 Å². The van der Waals surface area contributed by atoms with Gasteiger partial charge in [-0.25, -0.2) is 4.79 Å². The van der Waals surface area contributed by atoms with Crippen molar-refractivity contribution in [1.29, 1.82) is 0 Å². The molecule has 0 spiro atoms. The molecular weight excluding hydrogens is 392 g/mol. The summed E-state index contributed by atoms with van der Waals surface area (Å²) < 4.78 is 11.1. The van der Waals surface area contributed by atoms with Crippen molar-refractivity contribution in [3.05, 3.63) is 0 Å². The Morgan fingerprint density at radius 1 is 1.14 bits per heavy atom. The lowest BCUT2D eigenvalue weighted by Gasteiger charge is -2.24. The van der Waals surface area contributed by atoms with Crippen LogP contribution >= 0.6 is 0 Å². The monoisotopic (exact) mass is 422 g/mol. The van der Waals surface area contributed by atoms with Gasteiger partial charge in [-0.3, -0.25) is 18.8 Å². The van der Waals surface area contributed by atoms with Crippen molar-refractivity contribution in [2.24, 2.45) is 22.2 Å². The lowest BCUT2D eigenvalue weighted by molar-refractivity contribution is -0.143. The molecule has 0 radical (unpaired) electrons. The highest BCUT2D eigenvalue weighted by Gasteiger charge is 2.30. The van der Waals surface area contributed by atoms with Gasteiger partial charge in [0.15, 0.2) is 5.96 Å². The molecule has 0 heterocycles. The Bertz CT molecular complexity index is 596. The van der Waals surface area contributed by atoms with Gasteiger partial charge < -0.3 is 38.0 Å². The van der Waals surface area contributed by atoms with Crippen LogP contribution in [-0.4, -0.2) is 80.9 Å². The summed E-state index contributed by atoms with van der Waals surface area (Å²) in [5.74, 6) is -2.79. The van der Waals surface area contributed by atoms with Crippen LogP contribution in [0.5, 0.6) is 0 Å². The molecule has 0 fully saturated rings. The second-order valence-electron chi connectivity index (χ2n) is 6.25. The summed E-state index contributed by atoms with van der Waals surface area (Å²) in [6.07, 6.45) is 0.634. The number of aliphatic carboxylic acids is 1.